The molecule has 7 heteroatoms. The molecule has 21 heavy (non-hydrogen) atoms. The summed E-state index contributed by atoms with van der Waals surface area (Å²) < 4.78 is 16.0. The van der Waals surface area contributed by atoms with E-state index in [2.05, 4.69) is 31.4 Å². The highest BCUT2D eigenvalue weighted by Gasteiger charge is 2.17. The molecule has 0 spiro atoms. The molecule has 1 aromatic carbocycles. The van der Waals surface area contributed by atoms with E-state index in [1.54, 1.807) is 35.4 Å². The fourth-order valence-electron chi connectivity index (χ4n) is 2.30. The molecule has 0 aliphatic rings. The zero-order valence-electron chi connectivity index (χ0n) is 11.0. The van der Waals surface area contributed by atoms with Crippen LogP contribution in [0.25, 0.3) is 5.52 Å². The van der Waals surface area contributed by atoms with Gasteiger partial charge in [-0.2, -0.15) is 5.10 Å². The minimum Gasteiger partial charge on any atom is -0.271 e. The van der Waals surface area contributed by atoms with Crippen LogP contribution in [0.3, 0.4) is 0 Å². The van der Waals surface area contributed by atoms with Crippen LogP contribution in [0.15, 0.2) is 47.5 Å². The van der Waals surface area contributed by atoms with Crippen molar-refractivity contribution in [2.75, 3.05) is 0 Å². The van der Waals surface area contributed by atoms with Crippen molar-refractivity contribution in [1.29, 1.82) is 0 Å². The number of nitrogens with zero attached hydrogens (tertiary/aromatic N) is 3. The molecule has 0 aliphatic carbocycles. The van der Waals surface area contributed by atoms with Crippen molar-refractivity contribution in [2.24, 2.45) is 5.84 Å². The van der Waals surface area contributed by atoms with Gasteiger partial charge in [0.25, 0.3) is 0 Å². The number of aromatic nitrogens is 3. The van der Waals surface area contributed by atoms with Crippen LogP contribution < -0.4 is 11.3 Å². The quantitative estimate of drug-likeness (QED) is 0.560. The van der Waals surface area contributed by atoms with Crippen LogP contribution in [0.1, 0.15) is 17.2 Å². The maximum Gasteiger partial charge on any atom is 0.123 e. The Hall–Kier alpha value is -1.83. The van der Waals surface area contributed by atoms with Crippen LogP contribution in [0.4, 0.5) is 4.39 Å². The van der Waals surface area contributed by atoms with Gasteiger partial charge in [-0.1, -0.05) is 15.9 Å². The van der Waals surface area contributed by atoms with Crippen molar-refractivity contribution >= 4 is 21.4 Å². The lowest BCUT2D eigenvalue weighted by Crippen LogP contribution is -2.29. The lowest BCUT2D eigenvalue weighted by Gasteiger charge is -2.16. The first-order chi connectivity index (χ1) is 10.2. The number of hydrogen-bond donors (Lipinski definition) is 2. The third-order valence-electron chi connectivity index (χ3n) is 3.36. The van der Waals surface area contributed by atoms with Gasteiger partial charge in [0.2, 0.25) is 0 Å². The van der Waals surface area contributed by atoms with Crippen molar-refractivity contribution in [3.05, 3.63) is 64.4 Å². The van der Waals surface area contributed by atoms with E-state index < -0.39 is 0 Å². The number of hydrazine groups is 1. The van der Waals surface area contributed by atoms with Gasteiger partial charge in [0.1, 0.15) is 5.82 Å². The van der Waals surface area contributed by atoms with Gasteiger partial charge < -0.3 is 0 Å². The molecule has 2 aromatic heterocycles. The first-order valence-corrected chi connectivity index (χ1v) is 7.15. The molecule has 3 aromatic rings. The number of hydrogen-bond acceptors (Lipinski definition) is 4. The number of halogens is 2. The van der Waals surface area contributed by atoms with Crippen LogP contribution in [0, 0.1) is 5.82 Å². The zero-order valence-corrected chi connectivity index (χ0v) is 12.6. The van der Waals surface area contributed by atoms with Crippen LogP contribution in [0.5, 0.6) is 0 Å². The van der Waals surface area contributed by atoms with Crippen LogP contribution in [-0.4, -0.2) is 14.6 Å². The summed E-state index contributed by atoms with van der Waals surface area (Å²) in [6, 6.07) is 4.41. The van der Waals surface area contributed by atoms with E-state index in [0.717, 1.165) is 21.1 Å². The molecule has 5 nitrogen and oxygen atoms in total. The van der Waals surface area contributed by atoms with Gasteiger partial charge in [0.05, 0.1) is 24.0 Å². The zero-order chi connectivity index (χ0) is 14.8. The van der Waals surface area contributed by atoms with Crippen molar-refractivity contribution in [3.8, 4) is 0 Å². The van der Waals surface area contributed by atoms with Gasteiger partial charge in [0, 0.05) is 22.4 Å². The second kappa shape index (κ2) is 5.88. The molecule has 108 valence electrons. The van der Waals surface area contributed by atoms with E-state index in [-0.39, 0.29) is 11.9 Å². The summed E-state index contributed by atoms with van der Waals surface area (Å²) in [4.78, 5) is 4.10. The number of nitrogens with two attached hydrogens (primary N) is 1. The molecule has 3 N–H and O–H groups in total. The van der Waals surface area contributed by atoms with Crippen molar-refractivity contribution in [3.63, 3.8) is 0 Å². The Kier molecular flexibility index (Phi) is 3.96. The molecule has 0 saturated heterocycles. The summed E-state index contributed by atoms with van der Waals surface area (Å²) in [7, 11) is 0. The van der Waals surface area contributed by atoms with Crippen LogP contribution >= 0.6 is 15.9 Å². The Labute approximate surface area is 129 Å². The lowest BCUT2D eigenvalue weighted by molar-refractivity contribution is 0.550. The molecule has 0 saturated carbocycles. The molecule has 1 unspecified atom stereocenters. The lowest BCUT2D eigenvalue weighted by atomic mass is 10.0. The molecule has 0 bridgehead atoms. The fourth-order valence-corrected chi connectivity index (χ4v) is 2.71. The molecule has 2 heterocycles. The van der Waals surface area contributed by atoms with Crippen molar-refractivity contribution < 1.29 is 4.39 Å². The molecule has 3 rings (SSSR count). The highest BCUT2D eigenvalue weighted by molar-refractivity contribution is 9.10. The smallest absolute Gasteiger partial charge is 0.123 e. The summed E-state index contributed by atoms with van der Waals surface area (Å²) in [5.74, 6) is 5.40. The Bertz CT molecular complexity index is 773. The number of benzene rings is 1. The number of rotatable bonds is 4. The Balaban J connectivity index is 1.97. The van der Waals surface area contributed by atoms with E-state index in [1.807, 2.05) is 0 Å². The normalized spacial score (nSPS) is 12.7. The van der Waals surface area contributed by atoms with E-state index in [0.29, 0.717) is 6.42 Å². The molecular weight excluding hydrogens is 337 g/mol. The van der Waals surface area contributed by atoms with E-state index in [4.69, 9.17) is 5.84 Å². The largest absolute Gasteiger partial charge is 0.271 e. The third-order valence-corrected chi connectivity index (χ3v) is 4.14. The maximum absolute atomic E-state index is 13.4. The van der Waals surface area contributed by atoms with Crippen LogP contribution in [-0.2, 0) is 6.42 Å². The average Bonchev–Trinajstić information content (AvgIpc) is 2.92. The van der Waals surface area contributed by atoms with E-state index in [1.165, 1.54) is 12.1 Å². The summed E-state index contributed by atoms with van der Waals surface area (Å²) in [5, 5.41) is 4.26. The minimum absolute atomic E-state index is 0.190. The minimum atomic E-state index is -0.273. The van der Waals surface area contributed by atoms with Gasteiger partial charge in [-0.25, -0.2) is 8.91 Å². The molecule has 0 aliphatic heterocycles. The summed E-state index contributed by atoms with van der Waals surface area (Å²) in [6.07, 6.45) is 7.44. The highest BCUT2D eigenvalue weighted by atomic mass is 79.9. The SMILES string of the molecule is NNC(Cc1cc(F)ccc1Br)c1cnn2ccncc12. The first-order valence-electron chi connectivity index (χ1n) is 6.36. The van der Waals surface area contributed by atoms with Gasteiger partial charge in [-0.05, 0) is 30.2 Å². The van der Waals surface area contributed by atoms with Gasteiger partial charge in [-0.3, -0.25) is 16.3 Å². The van der Waals surface area contributed by atoms with Gasteiger partial charge in [0.15, 0.2) is 0 Å². The van der Waals surface area contributed by atoms with Gasteiger partial charge >= 0.3 is 0 Å². The van der Waals surface area contributed by atoms with Crippen molar-refractivity contribution in [2.45, 2.75) is 12.5 Å². The Morgan fingerprint density at radius 2 is 2.24 bits per heavy atom. The molecule has 0 radical (unpaired) electrons. The second-order valence-electron chi connectivity index (χ2n) is 4.67. The van der Waals surface area contributed by atoms with E-state index in [9.17, 15) is 4.39 Å². The highest BCUT2D eigenvalue weighted by Crippen LogP contribution is 2.26. The molecule has 0 amide bonds. The monoisotopic (exact) mass is 349 g/mol. The molecular formula is C14H13BrFN5. The first kappa shape index (κ1) is 14.1. The van der Waals surface area contributed by atoms with E-state index >= 15 is 0 Å². The topological polar surface area (TPSA) is 68.2 Å². The van der Waals surface area contributed by atoms with Gasteiger partial charge in [-0.15, -0.1) is 0 Å². The number of fused-ring (bicyclic) bond motifs is 1. The molecule has 1 atom stereocenters. The third kappa shape index (κ3) is 2.80. The van der Waals surface area contributed by atoms with Crippen molar-refractivity contribution in [1.82, 2.24) is 20.0 Å². The maximum atomic E-state index is 13.4. The number of nitrogens with one attached hydrogen (secondary N) is 1. The van der Waals surface area contributed by atoms with Crippen LogP contribution in [0.2, 0.25) is 0 Å². The molecule has 0 fully saturated rings. The Morgan fingerprint density at radius 1 is 1.38 bits per heavy atom. The summed E-state index contributed by atoms with van der Waals surface area (Å²) >= 11 is 3.43. The average molecular weight is 350 g/mol. The summed E-state index contributed by atoms with van der Waals surface area (Å²) in [5.41, 5.74) is 5.39. The predicted molar refractivity (Wildman–Crippen MR) is 80.9 cm³/mol. The fraction of sp³-hybridized carbons (Fsp3) is 0.143. The second-order valence-corrected chi connectivity index (χ2v) is 5.52. The standard InChI is InChI=1S/C14H13BrFN5/c15-12-2-1-10(16)5-9(12)6-13(20-17)11-7-19-21-4-3-18-8-14(11)21/h1-5,7-8,13,20H,6,17H2. The summed E-state index contributed by atoms with van der Waals surface area (Å²) in [6.45, 7) is 0. The predicted octanol–water partition coefficient (Wildman–Crippen LogP) is 2.38. The Morgan fingerprint density at radius 3 is 3.05 bits per heavy atom.